The van der Waals surface area contributed by atoms with Crippen LogP contribution in [0.2, 0.25) is 0 Å². The Bertz CT molecular complexity index is 193. The maximum Gasteiger partial charge on any atom is 0.0655 e. The second kappa shape index (κ2) is 2.98. The summed E-state index contributed by atoms with van der Waals surface area (Å²) in [5, 5.41) is 10.4. The summed E-state index contributed by atoms with van der Waals surface area (Å²) in [6.07, 6.45) is 8.55. The van der Waals surface area contributed by atoms with Crippen molar-refractivity contribution in [2.24, 2.45) is 11.3 Å². The van der Waals surface area contributed by atoms with Crippen LogP contribution in [0.15, 0.2) is 0 Å². The summed E-state index contributed by atoms with van der Waals surface area (Å²) in [4.78, 5) is 0. The molecule has 13 heavy (non-hydrogen) atoms. The molecule has 2 fully saturated rings. The van der Waals surface area contributed by atoms with Gasteiger partial charge in [-0.25, -0.2) is 0 Å². The summed E-state index contributed by atoms with van der Waals surface area (Å²) in [6, 6.07) is 0. The minimum atomic E-state index is -0.303. The van der Waals surface area contributed by atoms with Crippen LogP contribution in [0.4, 0.5) is 0 Å². The molecule has 76 valence electrons. The maximum absolute atomic E-state index is 10.4. The Labute approximate surface area is 81.5 Å². The van der Waals surface area contributed by atoms with Gasteiger partial charge in [-0.1, -0.05) is 20.3 Å². The Morgan fingerprint density at radius 3 is 2.38 bits per heavy atom. The molecule has 1 N–H and O–H groups in total. The van der Waals surface area contributed by atoms with Crippen molar-refractivity contribution >= 4 is 0 Å². The van der Waals surface area contributed by atoms with Crippen LogP contribution in [-0.4, -0.2) is 10.7 Å². The maximum atomic E-state index is 10.4. The van der Waals surface area contributed by atoms with Gasteiger partial charge in [-0.3, -0.25) is 0 Å². The van der Waals surface area contributed by atoms with Gasteiger partial charge in [0.1, 0.15) is 0 Å². The van der Waals surface area contributed by atoms with Gasteiger partial charge in [0.2, 0.25) is 0 Å². The molecule has 1 atom stereocenters. The third-order valence-corrected chi connectivity index (χ3v) is 3.80. The van der Waals surface area contributed by atoms with Crippen LogP contribution < -0.4 is 0 Å². The molecule has 0 aromatic heterocycles. The highest BCUT2D eigenvalue weighted by Crippen LogP contribution is 2.59. The highest BCUT2D eigenvalue weighted by atomic mass is 16.3. The van der Waals surface area contributed by atoms with Crippen LogP contribution in [-0.2, 0) is 0 Å². The first-order valence-electron chi connectivity index (χ1n) is 5.76. The lowest BCUT2D eigenvalue weighted by Crippen LogP contribution is -2.37. The highest BCUT2D eigenvalue weighted by Gasteiger charge is 2.50. The van der Waals surface area contributed by atoms with Crippen molar-refractivity contribution in [2.45, 2.75) is 64.4 Å². The van der Waals surface area contributed by atoms with Crippen LogP contribution >= 0.6 is 0 Å². The summed E-state index contributed by atoms with van der Waals surface area (Å²) >= 11 is 0. The van der Waals surface area contributed by atoms with Gasteiger partial charge in [0.25, 0.3) is 0 Å². The summed E-state index contributed by atoms with van der Waals surface area (Å²) in [5.74, 6) is 0.638. The molecule has 0 radical (unpaired) electrons. The third-order valence-electron chi connectivity index (χ3n) is 3.80. The molecule has 1 unspecified atom stereocenters. The van der Waals surface area contributed by atoms with Gasteiger partial charge in [0.15, 0.2) is 0 Å². The van der Waals surface area contributed by atoms with E-state index in [-0.39, 0.29) is 5.60 Å². The Morgan fingerprint density at radius 2 is 1.85 bits per heavy atom. The quantitative estimate of drug-likeness (QED) is 0.695. The largest absolute Gasteiger partial charge is 0.390 e. The number of aliphatic hydroxyl groups is 1. The normalized spacial score (nSPS) is 36.9. The van der Waals surface area contributed by atoms with Gasteiger partial charge in [-0.05, 0) is 49.9 Å². The molecular weight excluding hydrogens is 160 g/mol. The van der Waals surface area contributed by atoms with Crippen LogP contribution in [0.1, 0.15) is 58.8 Å². The molecule has 1 heteroatoms. The SMILES string of the molecule is CC(C)CC1(O)CCCC2(CC2)C1. The lowest BCUT2D eigenvalue weighted by molar-refractivity contribution is -0.0379. The lowest BCUT2D eigenvalue weighted by Gasteiger charge is -2.38. The van der Waals surface area contributed by atoms with Crippen LogP contribution in [0, 0.1) is 11.3 Å². The van der Waals surface area contributed by atoms with Crippen molar-refractivity contribution < 1.29 is 5.11 Å². The molecule has 0 amide bonds. The second-order valence-corrected chi connectivity index (χ2v) is 5.85. The second-order valence-electron chi connectivity index (χ2n) is 5.85. The van der Waals surface area contributed by atoms with Gasteiger partial charge < -0.3 is 5.11 Å². The summed E-state index contributed by atoms with van der Waals surface area (Å²) < 4.78 is 0. The Kier molecular flexibility index (Phi) is 2.18. The molecule has 2 rings (SSSR count). The average molecular weight is 182 g/mol. The minimum absolute atomic E-state index is 0.303. The molecule has 0 bridgehead atoms. The smallest absolute Gasteiger partial charge is 0.0655 e. The summed E-state index contributed by atoms with van der Waals surface area (Å²) in [5.41, 5.74) is 0.296. The predicted octanol–water partition coefficient (Wildman–Crippen LogP) is 3.12. The van der Waals surface area contributed by atoms with Gasteiger partial charge in [-0.15, -0.1) is 0 Å². The minimum Gasteiger partial charge on any atom is -0.390 e. The van der Waals surface area contributed by atoms with E-state index in [0.29, 0.717) is 11.3 Å². The molecule has 2 saturated carbocycles. The van der Waals surface area contributed by atoms with Crippen molar-refractivity contribution in [3.63, 3.8) is 0 Å². The summed E-state index contributed by atoms with van der Waals surface area (Å²) in [7, 11) is 0. The zero-order valence-corrected chi connectivity index (χ0v) is 8.97. The molecule has 2 aliphatic rings. The van der Waals surface area contributed by atoms with Crippen LogP contribution in [0.3, 0.4) is 0 Å². The monoisotopic (exact) mass is 182 g/mol. The molecule has 0 aromatic rings. The molecule has 0 saturated heterocycles. The van der Waals surface area contributed by atoms with E-state index in [9.17, 15) is 5.11 Å². The van der Waals surface area contributed by atoms with E-state index < -0.39 is 0 Å². The molecule has 0 aromatic carbocycles. The van der Waals surface area contributed by atoms with E-state index in [1.165, 1.54) is 25.7 Å². The number of hydrogen-bond donors (Lipinski definition) is 1. The summed E-state index contributed by atoms with van der Waals surface area (Å²) in [6.45, 7) is 4.43. The Morgan fingerprint density at radius 1 is 1.15 bits per heavy atom. The number of rotatable bonds is 2. The van der Waals surface area contributed by atoms with E-state index in [4.69, 9.17) is 0 Å². The van der Waals surface area contributed by atoms with Crippen molar-refractivity contribution in [3.05, 3.63) is 0 Å². The first-order valence-corrected chi connectivity index (χ1v) is 5.76. The third kappa shape index (κ3) is 2.07. The molecule has 0 aliphatic heterocycles. The van der Waals surface area contributed by atoms with Crippen molar-refractivity contribution in [3.8, 4) is 0 Å². The Balaban J connectivity index is 1.97. The van der Waals surface area contributed by atoms with Gasteiger partial charge in [-0.2, -0.15) is 0 Å². The highest BCUT2D eigenvalue weighted by molar-refractivity contribution is 5.02. The molecule has 0 heterocycles. The average Bonchev–Trinajstić information content (AvgIpc) is 2.65. The lowest BCUT2D eigenvalue weighted by atomic mass is 9.72. The molecule has 1 nitrogen and oxygen atoms in total. The standard InChI is InChI=1S/C12H22O/c1-10(2)8-12(13)5-3-4-11(9-12)6-7-11/h10,13H,3-9H2,1-2H3. The van der Waals surface area contributed by atoms with Gasteiger partial charge in [0, 0.05) is 0 Å². The van der Waals surface area contributed by atoms with Gasteiger partial charge in [0.05, 0.1) is 5.60 Å². The molecule has 2 aliphatic carbocycles. The number of hydrogen-bond acceptors (Lipinski definition) is 1. The van der Waals surface area contributed by atoms with Gasteiger partial charge >= 0.3 is 0 Å². The molecular formula is C12H22O. The Hall–Kier alpha value is -0.0400. The van der Waals surface area contributed by atoms with Crippen molar-refractivity contribution in [2.75, 3.05) is 0 Å². The predicted molar refractivity (Wildman–Crippen MR) is 54.5 cm³/mol. The van der Waals surface area contributed by atoms with Crippen molar-refractivity contribution in [1.29, 1.82) is 0 Å². The first kappa shape index (κ1) is 9.51. The topological polar surface area (TPSA) is 20.2 Å². The first-order chi connectivity index (χ1) is 6.04. The van der Waals surface area contributed by atoms with E-state index >= 15 is 0 Å². The zero-order valence-electron chi connectivity index (χ0n) is 8.97. The zero-order chi connectivity index (χ0) is 9.53. The van der Waals surface area contributed by atoms with Crippen LogP contribution in [0.25, 0.3) is 0 Å². The van der Waals surface area contributed by atoms with E-state index in [0.717, 1.165) is 19.3 Å². The van der Waals surface area contributed by atoms with E-state index in [1.807, 2.05) is 0 Å². The van der Waals surface area contributed by atoms with E-state index in [1.54, 1.807) is 0 Å². The van der Waals surface area contributed by atoms with Crippen molar-refractivity contribution in [1.82, 2.24) is 0 Å². The molecule has 1 spiro atoms. The van der Waals surface area contributed by atoms with E-state index in [2.05, 4.69) is 13.8 Å². The fourth-order valence-electron chi connectivity index (χ4n) is 3.20. The fraction of sp³-hybridized carbons (Fsp3) is 1.00. The van der Waals surface area contributed by atoms with Crippen LogP contribution in [0.5, 0.6) is 0 Å². The fourth-order valence-corrected chi connectivity index (χ4v) is 3.20.